The molecule has 90 valence electrons. The lowest BCUT2D eigenvalue weighted by atomic mass is 10.2. The number of imidazole rings is 1. The molecule has 2 rings (SSSR count). The molecule has 0 spiro atoms. The Morgan fingerprint density at radius 1 is 1.59 bits per heavy atom. The van der Waals surface area contributed by atoms with E-state index in [2.05, 4.69) is 20.9 Å². The summed E-state index contributed by atoms with van der Waals surface area (Å²) in [5.74, 6) is -1.04. The van der Waals surface area contributed by atoms with Crippen molar-refractivity contribution in [2.45, 2.75) is 13.0 Å². The summed E-state index contributed by atoms with van der Waals surface area (Å²) in [6.07, 6.45) is 3.23. The third-order valence-corrected chi connectivity index (χ3v) is 3.15. The highest BCUT2D eigenvalue weighted by Crippen LogP contribution is 2.24. The molecule has 17 heavy (non-hydrogen) atoms. The Bertz CT molecular complexity index is 579. The van der Waals surface area contributed by atoms with E-state index in [-0.39, 0.29) is 11.8 Å². The predicted molar refractivity (Wildman–Crippen MR) is 65.3 cm³/mol. The molecule has 2 aromatic rings. The van der Waals surface area contributed by atoms with Crippen LogP contribution in [-0.2, 0) is 4.74 Å². The van der Waals surface area contributed by atoms with Crippen LogP contribution in [0.25, 0.3) is 5.65 Å². The minimum Gasteiger partial charge on any atom is -0.476 e. The number of methoxy groups -OCH3 is 1. The van der Waals surface area contributed by atoms with Gasteiger partial charge in [-0.2, -0.15) is 0 Å². The monoisotopic (exact) mass is 298 g/mol. The summed E-state index contributed by atoms with van der Waals surface area (Å²) in [7, 11) is 1.62. The normalized spacial score (nSPS) is 12.9. The number of carboxylic acids is 1. The number of hydrogen-bond acceptors (Lipinski definition) is 3. The van der Waals surface area contributed by atoms with Crippen molar-refractivity contribution >= 4 is 27.5 Å². The fourth-order valence-electron chi connectivity index (χ4n) is 1.54. The molecule has 1 atom stereocenters. The van der Waals surface area contributed by atoms with E-state index in [1.807, 2.05) is 19.2 Å². The number of hydrogen-bond donors (Lipinski definition) is 1. The number of carboxylic acid groups (broad SMARTS) is 1. The van der Waals surface area contributed by atoms with Gasteiger partial charge in [0.15, 0.2) is 11.3 Å². The first-order valence-electron chi connectivity index (χ1n) is 4.97. The Morgan fingerprint density at radius 2 is 2.29 bits per heavy atom. The maximum absolute atomic E-state index is 10.8. The van der Waals surface area contributed by atoms with Crippen LogP contribution < -0.4 is 0 Å². The van der Waals surface area contributed by atoms with Gasteiger partial charge in [0.1, 0.15) is 0 Å². The van der Waals surface area contributed by atoms with Gasteiger partial charge >= 0.3 is 5.97 Å². The second-order valence-electron chi connectivity index (χ2n) is 3.66. The molecule has 2 aromatic heterocycles. The van der Waals surface area contributed by atoms with E-state index in [0.717, 1.165) is 10.0 Å². The topological polar surface area (TPSA) is 63.8 Å². The van der Waals surface area contributed by atoms with Gasteiger partial charge in [-0.05, 0) is 34.5 Å². The number of carbonyl (C=O) groups is 1. The van der Waals surface area contributed by atoms with E-state index in [4.69, 9.17) is 9.84 Å². The summed E-state index contributed by atoms with van der Waals surface area (Å²) >= 11 is 3.38. The van der Waals surface area contributed by atoms with Crippen LogP contribution in [0, 0.1) is 0 Å². The smallest absolute Gasteiger partial charge is 0.356 e. The van der Waals surface area contributed by atoms with Crippen molar-refractivity contribution in [3.8, 4) is 0 Å². The van der Waals surface area contributed by atoms with Crippen molar-refractivity contribution in [1.29, 1.82) is 0 Å². The molecule has 0 amide bonds. The molecule has 1 N–H and O–H groups in total. The van der Waals surface area contributed by atoms with Crippen molar-refractivity contribution in [3.05, 3.63) is 34.2 Å². The van der Waals surface area contributed by atoms with Crippen LogP contribution in [0.3, 0.4) is 0 Å². The first-order valence-corrected chi connectivity index (χ1v) is 5.76. The van der Waals surface area contributed by atoms with Gasteiger partial charge in [-0.15, -0.1) is 0 Å². The third-order valence-electron chi connectivity index (χ3n) is 2.57. The number of rotatable bonds is 3. The Labute approximate surface area is 106 Å². The number of fused-ring (bicyclic) bond motifs is 1. The van der Waals surface area contributed by atoms with Gasteiger partial charge in [0.2, 0.25) is 0 Å². The second-order valence-corrected chi connectivity index (χ2v) is 4.52. The lowest BCUT2D eigenvalue weighted by Gasteiger charge is -2.10. The lowest BCUT2D eigenvalue weighted by molar-refractivity contribution is 0.0691. The maximum Gasteiger partial charge on any atom is 0.356 e. The first-order chi connectivity index (χ1) is 8.02. The fraction of sp³-hybridized carbons (Fsp3) is 0.273. The third kappa shape index (κ3) is 2.18. The number of halogens is 1. The SMILES string of the molecule is COC(C)c1cc(Br)c2nc(C(=O)O)cn2c1. The number of nitrogens with zero attached hydrogens (tertiary/aromatic N) is 2. The zero-order valence-electron chi connectivity index (χ0n) is 9.35. The standard InChI is InChI=1S/C11H11BrN2O3/c1-6(17-2)7-3-8(12)10-13-9(11(15)16)5-14(10)4-7/h3-6H,1-2H3,(H,15,16). The van der Waals surface area contributed by atoms with Crippen LogP contribution in [0.4, 0.5) is 0 Å². The summed E-state index contributed by atoms with van der Waals surface area (Å²) in [5.41, 5.74) is 1.54. The molecular weight excluding hydrogens is 288 g/mol. The summed E-state index contributed by atoms with van der Waals surface area (Å²) in [6.45, 7) is 1.92. The van der Waals surface area contributed by atoms with E-state index in [1.54, 1.807) is 11.5 Å². The molecule has 0 radical (unpaired) electrons. The van der Waals surface area contributed by atoms with E-state index in [9.17, 15) is 4.79 Å². The Hall–Kier alpha value is -1.40. The van der Waals surface area contributed by atoms with Gasteiger partial charge in [0, 0.05) is 19.5 Å². The predicted octanol–water partition coefficient (Wildman–Crippen LogP) is 2.50. The van der Waals surface area contributed by atoms with Crippen LogP contribution in [0.15, 0.2) is 22.9 Å². The molecule has 0 saturated heterocycles. The summed E-state index contributed by atoms with van der Waals surface area (Å²) < 4.78 is 7.64. The highest BCUT2D eigenvalue weighted by Gasteiger charge is 2.13. The molecule has 0 bridgehead atoms. The lowest BCUT2D eigenvalue weighted by Crippen LogP contribution is -1.98. The summed E-state index contributed by atoms with van der Waals surface area (Å²) in [6, 6.07) is 1.88. The molecule has 5 nitrogen and oxygen atoms in total. The van der Waals surface area contributed by atoms with Crippen molar-refractivity contribution in [2.75, 3.05) is 7.11 Å². The zero-order valence-corrected chi connectivity index (χ0v) is 10.9. The van der Waals surface area contributed by atoms with Gasteiger partial charge in [0.05, 0.1) is 10.6 Å². The van der Waals surface area contributed by atoms with Gasteiger partial charge in [0.25, 0.3) is 0 Å². The van der Waals surface area contributed by atoms with E-state index < -0.39 is 5.97 Å². The molecule has 6 heteroatoms. The zero-order chi connectivity index (χ0) is 12.6. The van der Waals surface area contributed by atoms with Crippen molar-refractivity contribution < 1.29 is 14.6 Å². The van der Waals surface area contributed by atoms with Gasteiger partial charge in [-0.3, -0.25) is 0 Å². The van der Waals surface area contributed by atoms with E-state index >= 15 is 0 Å². The second kappa shape index (κ2) is 4.46. The van der Waals surface area contributed by atoms with Crippen LogP contribution in [0.2, 0.25) is 0 Å². The molecular formula is C11H11BrN2O3. The minimum atomic E-state index is -1.04. The highest BCUT2D eigenvalue weighted by molar-refractivity contribution is 9.10. The van der Waals surface area contributed by atoms with Gasteiger partial charge in [-0.25, -0.2) is 9.78 Å². The average Bonchev–Trinajstić information content (AvgIpc) is 2.72. The molecule has 0 fully saturated rings. The molecule has 1 unspecified atom stereocenters. The summed E-state index contributed by atoms with van der Waals surface area (Å²) in [5, 5.41) is 8.89. The fourth-order valence-corrected chi connectivity index (χ4v) is 2.10. The minimum absolute atomic E-state index is 0.0212. The van der Waals surface area contributed by atoms with Crippen molar-refractivity contribution in [1.82, 2.24) is 9.38 Å². The van der Waals surface area contributed by atoms with Crippen molar-refractivity contribution in [2.24, 2.45) is 0 Å². The average molecular weight is 299 g/mol. The molecule has 0 aliphatic heterocycles. The molecule has 0 aliphatic rings. The van der Waals surface area contributed by atoms with E-state index in [0.29, 0.717) is 5.65 Å². The van der Waals surface area contributed by atoms with Crippen LogP contribution in [0.1, 0.15) is 29.1 Å². The number of pyridine rings is 1. The highest BCUT2D eigenvalue weighted by atomic mass is 79.9. The van der Waals surface area contributed by atoms with Gasteiger partial charge in [-0.1, -0.05) is 0 Å². The molecule has 0 saturated carbocycles. The van der Waals surface area contributed by atoms with Crippen LogP contribution in [-0.4, -0.2) is 27.6 Å². The Morgan fingerprint density at radius 3 is 2.88 bits per heavy atom. The first kappa shape index (κ1) is 12.1. The van der Waals surface area contributed by atoms with Crippen molar-refractivity contribution in [3.63, 3.8) is 0 Å². The van der Waals surface area contributed by atoms with Gasteiger partial charge < -0.3 is 14.2 Å². The number of aromatic carboxylic acids is 1. The molecule has 0 aliphatic carbocycles. The quantitative estimate of drug-likeness (QED) is 0.945. The van der Waals surface area contributed by atoms with E-state index in [1.165, 1.54) is 6.20 Å². The Balaban J connectivity index is 2.60. The molecule has 0 aromatic carbocycles. The maximum atomic E-state index is 10.8. The number of ether oxygens (including phenoxy) is 1. The van der Waals surface area contributed by atoms with Crippen LogP contribution >= 0.6 is 15.9 Å². The Kier molecular flexibility index (Phi) is 3.17. The number of aromatic nitrogens is 2. The summed E-state index contributed by atoms with van der Waals surface area (Å²) in [4.78, 5) is 14.9. The molecule has 2 heterocycles. The van der Waals surface area contributed by atoms with Crippen LogP contribution in [0.5, 0.6) is 0 Å². The largest absolute Gasteiger partial charge is 0.476 e.